The first-order valence-electron chi connectivity index (χ1n) is 11.1. The highest BCUT2D eigenvalue weighted by atomic mass is 32.2. The van der Waals surface area contributed by atoms with E-state index in [2.05, 4.69) is 10.3 Å². The lowest BCUT2D eigenvalue weighted by Gasteiger charge is -2.26. The molecule has 0 aliphatic carbocycles. The average Bonchev–Trinajstić information content (AvgIpc) is 2.76. The number of aromatic nitrogens is 1. The predicted octanol–water partition coefficient (Wildman–Crippen LogP) is 4.66. The Morgan fingerprint density at radius 3 is 2.26 bits per heavy atom. The third-order valence-electron chi connectivity index (χ3n) is 5.17. The molecule has 0 bridgehead atoms. The van der Waals surface area contributed by atoms with Crippen LogP contribution in [0.1, 0.15) is 56.4 Å². The van der Waals surface area contributed by atoms with Gasteiger partial charge in [0.2, 0.25) is 15.9 Å². The quantitative estimate of drug-likeness (QED) is 0.423. The lowest BCUT2D eigenvalue weighted by molar-refractivity contribution is -0.141. The van der Waals surface area contributed by atoms with Gasteiger partial charge in [0.05, 0.1) is 17.9 Å². The van der Waals surface area contributed by atoms with Gasteiger partial charge in [-0.05, 0) is 43.5 Å². The zero-order valence-corrected chi connectivity index (χ0v) is 20.9. The minimum Gasteiger partial charge on any atom is -0.356 e. The highest BCUT2D eigenvalue weighted by Gasteiger charge is 2.33. The summed E-state index contributed by atoms with van der Waals surface area (Å²) in [7, 11) is -3.67. The molecule has 0 spiro atoms. The second-order valence-electron chi connectivity index (χ2n) is 8.22. The Hall–Kier alpha value is -2.89. The molecule has 7 nitrogen and oxygen atoms in total. The van der Waals surface area contributed by atoms with Crippen LogP contribution < -0.4 is 14.9 Å². The summed E-state index contributed by atoms with van der Waals surface area (Å²) in [4.78, 5) is 18.4. The van der Waals surface area contributed by atoms with Crippen LogP contribution in [0.3, 0.4) is 0 Å². The Morgan fingerprint density at radius 1 is 1.11 bits per heavy atom. The highest BCUT2D eigenvalue weighted by molar-refractivity contribution is 7.92. The number of hydrogen-bond acceptors (Lipinski definition) is 5. The van der Waals surface area contributed by atoms with E-state index in [0.717, 1.165) is 18.4 Å². The average molecular weight is 519 g/mol. The summed E-state index contributed by atoms with van der Waals surface area (Å²) >= 11 is 0. The molecule has 1 amide bonds. The molecular formula is C23H30F4N4O3S. The van der Waals surface area contributed by atoms with Crippen molar-refractivity contribution in [1.82, 2.24) is 10.3 Å². The Balaban J connectivity index is 2.24. The maximum absolute atomic E-state index is 14.3. The number of carbonyl (C=O) groups is 1. The van der Waals surface area contributed by atoms with Crippen LogP contribution in [0.5, 0.6) is 0 Å². The minimum absolute atomic E-state index is 0.0657. The normalized spacial score (nSPS) is 12.8. The molecule has 12 heteroatoms. The van der Waals surface area contributed by atoms with E-state index in [0.29, 0.717) is 37.1 Å². The number of hydrogen-bond donors (Lipinski definition) is 2. The molecule has 1 aromatic heterocycles. The standard InChI is InChI=1S/C23H30F4N4O3S/c1-5-11-31(12-6-2)21-17(8-10-20(29-21)23(25,26)27)14-28-22(32)15(3)16-7-9-19(18(24)13-16)30-35(4,33)34/h7-10,13,15,30H,5-6,11-12,14H2,1-4H3,(H,28,32). The molecular weight excluding hydrogens is 488 g/mol. The maximum Gasteiger partial charge on any atom is 0.433 e. The number of nitrogens with one attached hydrogen (secondary N) is 2. The van der Waals surface area contributed by atoms with Gasteiger partial charge in [0.1, 0.15) is 17.3 Å². The van der Waals surface area contributed by atoms with Crippen molar-refractivity contribution in [1.29, 1.82) is 0 Å². The van der Waals surface area contributed by atoms with Crippen LogP contribution in [0, 0.1) is 5.82 Å². The number of anilines is 2. The lowest BCUT2D eigenvalue weighted by atomic mass is 9.99. The summed E-state index contributed by atoms with van der Waals surface area (Å²) < 4.78 is 78.8. The van der Waals surface area contributed by atoms with Gasteiger partial charge < -0.3 is 10.2 Å². The fourth-order valence-electron chi connectivity index (χ4n) is 3.48. The zero-order chi connectivity index (χ0) is 26.4. The summed E-state index contributed by atoms with van der Waals surface area (Å²) in [6.45, 7) is 6.31. The Kier molecular flexibility index (Phi) is 9.47. The van der Waals surface area contributed by atoms with E-state index in [1.54, 1.807) is 11.8 Å². The van der Waals surface area contributed by atoms with E-state index in [-0.39, 0.29) is 18.1 Å². The molecule has 0 fully saturated rings. The monoisotopic (exact) mass is 518 g/mol. The molecule has 0 saturated carbocycles. The molecule has 0 radical (unpaired) electrons. The van der Waals surface area contributed by atoms with E-state index >= 15 is 0 Å². The molecule has 1 aromatic carbocycles. The van der Waals surface area contributed by atoms with Gasteiger partial charge in [-0.1, -0.05) is 26.0 Å². The van der Waals surface area contributed by atoms with Crippen LogP contribution in [-0.4, -0.2) is 38.7 Å². The first-order chi connectivity index (χ1) is 16.3. The van der Waals surface area contributed by atoms with Crippen LogP contribution in [0.25, 0.3) is 0 Å². The molecule has 35 heavy (non-hydrogen) atoms. The number of rotatable bonds is 11. The van der Waals surface area contributed by atoms with Crippen molar-refractivity contribution in [3.05, 3.63) is 53.0 Å². The fourth-order valence-corrected chi connectivity index (χ4v) is 4.05. The fraction of sp³-hybridized carbons (Fsp3) is 0.478. The van der Waals surface area contributed by atoms with E-state index in [1.165, 1.54) is 18.2 Å². The number of alkyl halides is 3. The van der Waals surface area contributed by atoms with Gasteiger partial charge in [-0.15, -0.1) is 0 Å². The third kappa shape index (κ3) is 8.08. The van der Waals surface area contributed by atoms with Gasteiger partial charge in [0.15, 0.2) is 0 Å². The van der Waals surface area contributed by atoms with Crippen molar-refractivity contribution >= 4 is 27.4 Å². The van der Waals surface area contributed by atoms with Crippen LogP contribution in [0.2, 0.25) is 0 Å². The number of nitrogens with zero attached hydrogens (tertiary/aromatic N) is 2. The molecule has 0 aliphatic heterocycles. The Labute approximate surface area is 203 Å². The van der Waals surface area contributed by atoms with E-state index in [4.69, 9.17) is 0 Å². The Bertz CT molecular complexity index is 1130. The van der Waals surface area contributed by atoms with Crippen LogP contribution in [-0.2, 0) is 27.5 Å². The molecule has 1 heterocycles. The van der Waals surface area contributed by atoms with Gasteiger partial charge in [0, 0.05) is 25.2 Å². The second kappa shape index (κ2) is 11.7. The number of pyridine rings is 1. The van der Waals surface area contributed by atoms with E-state index in [9.17, 15) is 30.8 Å². The van der Waals surface area contributed by atoms with Gasteiger partial charge in [-0.3, -0.25) is 9.52 Å². The summed E-state index contributed by atoms with van der Waals surface area (Å²) in [5.74, 6) is -1.95. The van der Waals surface area contributed by atoms with Crippen molar-refractivity contribution in [3.63, 3.8) is 0 Å². The number of sulfonamides is 1. The topological polar surface area (TPSA) is 91.4 Å². The van der Waals surface area contributed by atoms with Gasteiger partial charge in [-0.25, -0.2) is 17.8 Å². The summed E-state index contributed by atoms with van der Waals surface area (Å²) in [6.07, 6.45) is -2.30. The van der Waals surface area contributed by atoms with Crippen LogP contribution in [0.4, 0.5) is 29.1 Å². The first kappa shape index (κ1) is 28.3. The van der Waals surface area contributed by atoms with Crippen LogP contribution >= 0.6 is 0 Å². The predicted molar refractivity (Wildman–Crippen MR) is 127 cm³/mol. The summed E-state index contributed by atoms with van der Waals surface area (Å²) in [5.41, 5.74) is -0.509. The molecule has 2 N–H and O–H groups in total. The lowest BCUT2D eigenvalue weighted by Crippen LogP contribution is -2.31. The van der Waals surface area contributed by atoms with Crippen molar-refractivity contribution in [2.75, 3.05) is 29.0 Å². The molecule has 2 aromatic rings. The Morgan fingerprint density at radius 2 is 1.74 bits per heavy atom. The van der Waals surface area contributed by atoms with Crippen LogP contribution in [0.15, 0.2) is 30.3 Å². The zero-order valence-electron chi connectivity index (χ0n) is 20.0. The number of amides is 1. The van der Waals surface area contributed by atoms with Crippen molar-refractivity contribution < 1.29 is 30.8 Å². The second-order valence-corrected chi connectivity index (χ2v) is 9.97. The van der Waals surface area contributed by atoms with Crippen molar-refractivity contribution in [2.24, 2.45) is 0 Å². The largest absolute Gasteiger partial charge is 0.433 e. The molecule has 0 saturated heterocycles. The van der Waals surface area contributed by atoms with Gasteiger partial charge in [-0.2, -0.15) is 13.2 Å². The van der Waals surface area contributed by atoms with E-state index in [1.807, 2.05) is 18.6 Å². The number of benzene rings is 1. The minimum atomic E-state index is -4.60. The van der Waals surface area contributed by atoms with Crippen molar-refractivity contribution in [2.45, 2.75) is 52.3 Å². The highest BCUT2D eigenvalue weighted by Crippen LogP contribution is 2.31. The van der Waals surface area contributed by atoms with Crippen molar-refractivity contribution in [3.8, 4) is 0 Å². The molecule has 1 unspecified atom stereocenters. The summed E-state index contributed by atoms with van der Waals surface area (Å²) in [6, 6.07) is 5.90. The third-order valence-corrected chi connectivity index (χ3v) is 5.76. The van der Waals surface area contributed by atoms with Gasteiger partial charge in [0.25, 0.3) is 0 Å². The molecule has 0 aliphatic rings. The summed E-state index contributed by atoms with van der Waals surface area (Å²) in [5, 5.41) is 2.69. The molecule has 1 atom stereocenters. The first-order valence-corrected chi connectivity index (χ1v) is 13.0. The number of carbonyl (C=O) groups excluding carboxylic acids is 1. The number of halogens is 4. The maximum atomic E-state index is 14.3. The smallest absolute Gasteiger partial charge is 0.356 e. The van der Waals surface area contributed by atoms with E-state index < -0.39 is 39.5 Å². The SMILES string of the molecule is CCCN(CCC)c1nc(C(F)(F)F)ccc1CNC(=O)C(C)c1ccc(NS(C)(=O)=O)c(F)c1. The molecule has 2 rings (SSSR count). The van der Waals surface area contributed by atoms with Gasteiger partial charge >= 0.3 is 6.18 Å². The molecule has 194 valence electrons.